The van der Waals surface area contributed by atoms with Crippen molar-refractivity contribution in [2.75, 3.05) is 19.4 Å². The molecule has 1 heterocycles. The number of carbonyl (C=O) groups excluding carboxylic acids is 1. The van der Waals surface area contributed by atoms with Crippen LogP contribution in [0.1, 0.15) is 16.5 Å². The van der Waals surface area contributed by atoms with Gasteiger partial charge in [-0.3, -0.25) is 4.79 Å². The maximum absolute atomic E-state index is 12.8. The van der Waals surface area contributed by atoms with Gasteiger partial charge in [-0.15, -0.1) is 11.8 Å². The number of benzene rings is 2. The van der Waals surface area contributed by atoms with Crippen LogP contribution in [0.4, 0.5) is 0 Å². The van der Waals surface area contributed by atoms with Crippen molar-refractivity contribution < 1.29 is 9.53 Å². The molecule has 0 aromatic heterocycles. The first-order valence-electron chi connectivity index (χ1n) is 7.47. The number of ether oxygens (including phenoxy) is 1. The van der Waals surface area contributed by atoms with Crippen molar-refractivity contribution in [3.05, 3.63) is 64.7 Å². The molecule has 1 aliphatic heterocycles. The number of thioether (sulfide) groups is 1. The van der Waals surface area contributed by atoms with E-state index in [1.54, 1.807) is 18.9 Å². The topological polar surface area (TPSA) is 29.5 Å². The lowest BCUT2D eigenvalue weighted by Gasteiger charge is -2.24. The van der Waals surface area contributed by atoms with Crippen LogP contribution in [0.2, 0.25) is 5.02 Å². The minimum atomic E-state index is 0.0643. The Morgan fingerprint density at radius 1 is 1.26 bits per heavy atom. The molecule has 0 saturated carbocycles. The highest BCUT2D eigenvalue weighted by molar-refractivity contribution is 7.99. The first-order chi connectivity index (χ1) is 11.2. The molecule has 1 saturated heterocycles. The smallest absolute Gasteiger partial charge is 0.228 e. The summed E-state index contributed by atoms with van der Waals surface area (Å²) in [6.45, 7) is 0.770. The number of para-hydroxylation sites is 1. The second-order valence-electron chi connectivity index (χ2n) is 5.35. The normalized spacial score (nSPS) is 17.3. The Morgan fingerprint density at radius 3 is 2.74 bits per heavy atom. The molecular weight excluding hydrogens is 330 g/mol. The van der Waals surface area contributed by atoms with Gasteiger partial charge in [-0.2, -0.15) is 0 Å². The van der Waals surface area contributed by atoms with E-state index in [0.717, 1.165) is 29.2 Å². The lowest BCUT2D eigenvalue weighted by Crippen LogP contribution is -2.31. The fourth-order valence-electron chi connectivity index (χ4n) is 2.74. The summed E-state index contributed by atoms with van der Waals surface area (Å²) in [6, 6.07) is 15.4. The van der Waals surface area contributed by atoms with Crippen LogP contribution in [0.15, 0.2) is 48.5 Å². The third kappa shape index (κ3) is 3.65. The number of hydrogen-bond donors (Lipinski definition) is 0. The van der Waals surface area contributed by atoms with Gasteiger partial charge in [0.05, 0.1) is 13.5 Å². The molecule has 23 heavy (non-hydrogen) atoms. The van der Waals surface area contributed by atoms with E-state index < -0.39 is 0 Å². The number of nitrogens with zero attached hydrogens (tertiary/aromatic N) is 1. The van der Waals surface area contributed by atoms with Gasteiger partial charge in [0.2, 0.25) is 5.91 Å². The minimum Gasteiger partial charge on any atom is -0.496 e. The molecule has 2 aromatic rings. The summed E-state index contributed by atoms with van der Waals surface area (Å²) < 4.78 is 5.34. The lowest BCUT2D eigenvalue weighted by molar-refractivity contribution is -0.130. The van der Waals surface area contributed by atoms with Crippen LogP contribution in [-0.4, -0.2) is 30.2 Å². The van der Waals surface area contributed by atoms with Crippen LogP contribution in [0.25, 0.3) is 0 Å². The summed E-state index contributed by atoms with van der Waals surface area (Å²) in [5, 5.41) is 0.776. The Balaban J connectivity index is 1.77. The van der Waals surface area contributed by atoms with Gasteiger partial charge in [0, 0.05) is 22.9 Å². The van der Waals surface area contributed by atoms with Gasteiger partial charge in [0.15, 0.2) is 0 Å². The summed E-state index contributed by atoms with van der Waals surface area (Å²) in [6.07, 6.45) is 0.356. The zero-order chi connectivity index (χ0) is 16.2. The molecule has 0 N–H and O–H groups in total. The first-order valence-corrected chi connectivity index (χ1v) is 8.90. The number of methoxy groups -OCH3 is 1. The van der Waals surface area contributed by atoms with Crippen molar-refractivity contribution >= 4 is 29.3 Å². The fourth-order valence-corrected chi connectivity index (χ4v) is 4.15. The molecule has 1 fully saturated rings. The van der Waals surface area contributed by atoms with Crippen molar-refractivity contribution in [1.29, 1.82) is 0 Å². The van der Waals surface area contributed by atoms with E-state index in [9.17, 15) is 4.79 Å². The van der Waals surface area contributed by atoms with Crippen LogP contribution in [-0.2, 0) is 11.2 Å². The Bertz CT molecular complexity index is 690. The Kier molecular flexibility index (Phi) is 5.13. The van der Waals surface area contributed by atoms with E-state index in [0.29, 0.717) is 11.4 Å². The molecule has 120 valence electrons. The van der Waals surface area contributed by atoms with Gasteiger partial charge in [-0.25, -0.2) is 0 Å². The van der Waals surface area contributed by atoms with Crippen molar-refractivity contribution in [2.45, 2.75) is 11.8 Å². The largest absolute Gasteiger partial charge is 0.496 e. The molecule has 0 radical (unpaired) electrons. The molecule has 1 amide bonds. The third-order valence-corrected chi connectivity index (χ3v) is 5.41. The Labute approximate surface area is 145 Å². The van der Waals surface area contributed by atoms with E-state index in [-0.39, 0.29) is 11.3 Å². The average molecular weight is 348 g/mol. The first kappa shape index (κ1) is 16.2. The summed E-state index contributed by atoms with van der Waals surface area (Å²) in [7, 11) is 1.63. The van der Waals surface area contributed by atoms with Gasteiger partial charge in [-0.05, 0) is 23.8 Å². The van der Waals surface area contributed by atoms with Gasteiger partial charge in [-0.1, -0.05) is 41.9 Å². The number of amides is 1. The lowest BCUT2D eigenvalue weighted by atomic mass is 10.1. The Morgan fingerprint density at radius 2 is 2.00 bits per heavy atom. The van der Waals surface area contributed by atoms with Crippen LogP contribution in [0.5, 0.6) is 5.75 Å². The quantitative estimate of drug-likeness (QED) is 0.831. The Hall–Kier alpha value is -1.65. The molecule has 0 aliphatic carbocycles. The van der Waals surface area contributed by atoms with Gasteiger partial charge >= 0.3 is 0 Å². The van der Waals surface area contributed by atoms with Gasteiger partial charge in [0.25, 0.3) is 0 Å². The highest BCUT2D eigenvalue weighted by atomic mass is 35.5. The molecule has 0 spiro atoms. The summed E-state index contributed by atoms with van der Waals surface area (Å²) in [5.74, 6) is 1.83. The molecule has 3 nitrogen and oxygen atoms in total. The monoisotopic (exact) mass is 347 g/mol. The maximum Gasteiger partial charge on any atom is 0.228 e. The predicted molar refractivity (Wildman–Crippen MR) is 95.1 cm³/mol. The van der Waals surface area contributed by atoms with Crippen LogP contribution < -0.4 is 4.74 Å². The third-order valence-electron chi connectivity index (χ3n) is 3.90. The summed E-state index contributed by atoms with van der Waals surface area (Å²) in [4.78, 5) is 14.7. The zero-order valence-corrected chi connectivity index (χ0v) is 14.4. The highest BCUT2D eigenvalue weighted by Crippen LogP contribution is 2.38. The second-order valence-corrected chi connectivity index (χ2v) is 6.97. The van der Waals surface area contributed by atoms with Crippen LogP contribution >= 0.6 is 23.4 Å². The van der Waals surface area contributed by atoms with Crippen LogP contribution in [0, 0.1) is 0 Å². The molecule has 0 bridgehead atoms. The predicted octanol–water partition coefficient (Wildman–Crippen LogP) is 4.17. The highest BCUT2D eigenvalue weighted by Gasteiger charge is 2.30. The summed E-state index contributed by atoms with van der Waals surface area (Å²) in [5.41, 5.74) is 2.04. The molecule has 1 aliphatic rings. The van der Waals surface area contributed by atoms with E-state index >= 15 is 0 Å². The minimum absolute atomic E-state index is 0.0643. The van der Waals surface area contributed by atoms with Gasteiger partial charge in [0.1, 0.15) is 11.1 Å². The second kappa shape index (κ2) is 7.28. The molecule has 1 unspecified atom stereocenters. The maximum atomic E-state index is 12.8. The van der Waals surface area contributed by atoms with E-state index in [2.05, 4.69) is 0 Å². The molecule has 1 atom stereocenters. The molecule has 3 rings (SSSR count). The van der Waals surface area contributed by atoms with Crippen molar-refractivity contribution in [2.24, 2.45) is 0 Å². The van der Waals surface area contributed by atoms with Crippen molar-refractivity contribution in [3.8, 4) is 5.75 Å². The fraction of sp³-hybridized carbons (Fsp3) is 0.278. The SMILES string of the molecule is COc1ccccc1CC(=O)N1CCSC1c1ccc(Cl)cc1. The van der Waals surface area contributed by atoms with E-state index in [1.807, 2.05) is 53.4 Å². The molecular formula is C18H18ClNO2S. The summed E-state index contributed by atoms with van der Waals surface area (Å²) >= 11 is 7.75. The van der Waals surface area contributed by atoms with Crippen molar-refractivity contribution in [3.63, 3.8) is 0 Å². The number of hydrogen-bond acceptors (Lipinski definition) is 3. The standard InChI is InChI=1S/C18H18ClNO2S/c1-22-16-5-3-2-4-14(16)12-17(21)20-10-11-23-18(20)13-6-8-15(19)9-7-13/h2-9,18H,10-12H2,1H3. The van der Waals surface area contributed by atoms with E-state index in [4.69, 9.17) is 16.3 Å². The molecule has 5 heteroatoms. The number of halogens is 1. The van der Waals surface area contributed by atoms with Crippen molar-refractivity contribution in [1.82, 2.24) is 4.90 Å². The average Bonchev–Trinajstić information content (AvgIpc) is 3.06. The van der Waals surface area contributed by atoms with Crippen LogP contribution in [0.3, 0.4) is 0 Å². The van der Waals surface area contributed by atoms with E-state index in [1.165, 1.54) is 0 Å². The van der Waals surface area contributed by atoms with Gasteiger partial charge < -0.3 is 9.64 Å². The zero-order valence-electron chi connectivity index (χ0n) is 12.9. The molecule has 2 aromatic carbocycles. The number of rotatable bonds is 4. The number of carbonyl (C=O) groups is 1.